The molecule has 2 amide bonds. The minimum Gasteiger partial charge on any atom is -0.449 e. The first-order valence-electron chi connectivity index (χ1n) is 7.53. The van der Waals surface area contributed by atoms with Gasteiger partial charge in [-0.1, -0.05) is 6.08 Å². The monoisotopic (exact) mass is 316 g/mol. The van der Waals surface area contributed by atoms with Gasteiger partial charge in [-0.2, -0.15) is 0 Å². The summed E-state index contributed by atoms with van der Waals surface area (Å²) in [6, 6.07) is 6.61. The van der Waals surface area contributed by atoms with Gasteiger partial charge in [-0.3, -0.25) is 9.59 Å². The summed E-state index contributed by atoms with van der Waals surface area (Å²) in [5.74, 6) is -0.865. The molecule has 23 heavy (non-hydrogen) atoms. The van der Waals surface area contributed by atoms with Crippen molar-refractivity contribution < 1.29 is 19.1 Å². The van der Waals surface area contributed by atoms with E-state index in [4.69, 9.17) is 4.74 Å². The van der Waals surface area contributed by atoms with Gasteiger partial charge in [0.15, 0.2) is 6.10 Å². The van der Waals surface area contributed by atoms with Crippen LogP contribution < -0.4 is 10.2 Å². The van der Waals surface area contributed by atoms with Crippen molar-refractivity contribution in [3.05, 3.63) is 42.5 Å². The molecule has 0 bridgehead atoms. The average molecular weight is 316 g/mol. The molecular formula is C17H20N2O4. The number of hydrogen-bond acceptors (Lipinski definition) is 4. The summed E-state index contributed by atoms with van der Waals surface area (Å²) < 4.78 is 5.12. The number of anilines is 1. The van der Waals surface area contributed by atoms with Crippen molar-refractivity contribution in [3.8, 4) is 0 Å². The second kappa shape index (κ2) is 7.58. The van der Waals surface area contributed by atoms with E-state index in [1.54, 1.807) is 35.2 Å². The van der Waals surface area contributed by atoms with Crippen LogP contribution >= 0.6 is 0 Å². The van der Waals surface area contributed by atoms with E-state index in [9.17, 15) is 14.4 Å². The van der Waals surface area contributed by atoms with Crippen LogP contribution in [0.4, 0.5) is 5.69 Å². The molecule has 1 heterocycles. The number of rotatable bonds is 6. The first-order valence-corrected chi connectivity index (χ1v) is 7.53. The first-order chi connectivity index (χ1) is 11.0. The van der Waals surface area contributed by atoms with Crippen molar-refractivity contribution in [2.75, 3.05) is 18.0 Å². The minimum absolute atomic E-state index is 0.0906. The Morgan fingerprint density at radius 3 is 2.65 bits per heavy atom. The summed E-state index contributed by atoms with van der Waals surface area (Å²) in [5.41, 5.74) is 1.10. The number of carbonyl (C=O) groups excluding carboxylic acids is 3. The molecule has 0 saturated carbocycles. The van der Waals surface area contributed by atoms with Gasteiger partial charge in [-0.05, 0) is 37.6 Å². The number of hydrogen-bond donors (Lipinski definition) is 1. The second-order valence-electron chi connectivity index (χ2n) is 5.28. The van der Waals surface area contributed by atoms with E-state index in [2.05, 4.69) is 11.9 Å². The van der Waals surface area contributed by atoms with E-state index in [0.29, 0.717) is 25.1 Å². The third-order valence-corrected chi connectivity index (χ3v) is 3.56. The molecule has 1 aromatic rings. The summed E-state index contributed by atoms with van der Waals surface area (Å²) in [6.45, 7) is 6.02. The van der Waals surface area contributed by atoms with Crippen molar-refractivity contribution in [2.45, 2.75) is 25.9 Å². The van der Waals surface area contributed by atoms with Crippen LogP contribution in [0, 0.1) is 0 Å². The van der Waals surface area contributed by atoms with Gasteiger partial charge >= 0.3 is 5.97 Å². The molecule has 1 saturated heterocycles. The van der Waals surface area contributed by atoms with Crippen LogP contribution in [0.1, 0.15) is 30.1 Å². The zero-order chi connectivity index (χ0) is 16.8. The molecule has 1 aromatic carbocycles. The number of nitrogens with one attached hydrogen (secondary N) is 1. The summed E-state index contributed by atoms with van der Waals surface area (Å²) in [7, 11) is 0. The van der Waals surface area contributed by atoms with Gasteiger partial charge in [0, 0.05) is 25.2 Å². The lowest BCUT2D eigenvalue weighted by Gasteiger charge is -2.16. The quantitative estimate of drug-likeness (QED) is 0.640. The molecule has 0 spiro atoms. The Kier molecular flexibility index (Phi) is 5.51. The number of nitrogens with zero attached hydrogens (tertiary/aromatic N) is 1. The van der Waals surface area contributed by atoms with Gasteiger partial charge in [0.05, 0.1) is 5.56 Å². The van der Waals surface area contributed by atoms with E-state index in [0.717, 1.165) is 12.1 Å². The van der Waals surface area contributed by atoms with Crippen LogP contribution in [-0.4, -0.2) is 37.0 Å². The van der Waals surface area contributed by atoms with Crippen molar-refractivity contribution in [1.29, 1.82) is 0 Å². The maximum absolute atomic E-state index is 12.0. The third kappa shape index (κ3) is 4.18. The molecule has 1 aliphatic heterocycles. The fourth-order valence-electron chi connectivity index (χ4n) is 2.30. The molecular weight excluding hydrogens is 296 g/mol. The molecule has 122 valence electrons. The van der Waals surface area contributed by atoms with Gasteiger partial charge < -0.3 is 15.0 Å². The SMILES string of the molecule is C=CCNC(=O)[C@H](C)OC(=O)c1ccc(N2CCCC2=O)cc1. The first kappa shape index (κ1) is 16.7. The molecule has 0 unspecified atom stereocenters. The number of esters is 1. The predicted octanol–water partition coefficient (Wildman–Crippen LogP) is 1.66. The van der Waals surface area contributed by atoms with E-state index in [1.807, 2.05) is 0 Å². The molecule has 0 aliphatic carbocycles. The maximum Gasteiger partial charge on any atom is 0.338 e. The van der Waals surface area contributed by atoms with Crippen molar-refractivity contribution >= 4 is 23.5 Å². The zero-order valence-electron chi connectivity index (χ0n) is 13.1. The summed E-state index contributed by atoms with van der Waals surface area (Å²) in [5, 5.41) is 2.56. The van der Waals surface area contributed by atoms with Crippen LogP contribution in [0.15, 0.2) is 36.9 Å². The predicted molar refractivity (Wildman–Crippen MR) is 86.1 cm³/mol. The molecule has 6 heteroatoms. The molecule has 1 aliphatic rings. The Morgan fingerprint density at radius 2 is 2.09 bits per heavy atom. The highest BCUT2D eigenvalue weighted by Crippen LogP contribution is 2.21. The Balaban J connectivity index is 1.96. The van der Waals surface area contributed by atoms with E-state index in [-0.39, 0.29) is 11.8 Å². The highest BCUT2D eigenvalue weighted by molar-refractivity contribution is 5.96. The van der Waals surface area contributed by atoms with Crippen LogP contribution in [-0.2, 0) is 14.3 Å². The smallest absolute Gasteiger partial charge is 0.338 e. The fourth-order valence-corrected chi connectivity index (χ4v) is 2.30. The van der Waals surface area contributed by atoms with E-state index >= 15 is 0 Å². The lowest BCUT2D eigenvalue weighted by atomic mass is 10.2. The minimum atomic E-state index is -0.887. The van der Waals surface area contributed by atoms with Gasteiger partial charge in [0.25, 0.3) is 5.91 Å². The number of carbonyl (C=O) groups is 3. The molecule has 1 atom stereocenters. The van der Waals surface area contributed by atoms with Gasteiger partial charge in [-0.15, -0.1) is 6.58 Å². The molecule has 2 rings (SSSR count). The molecule has 6 nitrogen and oxygen atoms in total. The van der Waals surface area contributed by atoms with E-state index in [1.165, 1.54) is 6.92 Å². The second-order valence-corrected chi connectivity index (χ2v) is 5.28. The normalized spacial score (nSPS) is 15.2. The molecule has 1 fully saturated rings. The Labute approximate surface area is 135 Å². The van der Waals surface area contributed by atoms with Crippen LogP contribution in [0.3, 0.4) is 0 Å². The van der Waals surface area contributed by atoms with Gasteiger partial charge in [-0.25, -0.2) is 4.79 Å². The lowest BCUT2D eigenvalue weighted by molar-refractivity contribution is -0.128. The largest absolute Gasteiger partial charge is 0.449 e. The zero-order valence-corrected chi connectivity index (χ0v) is 13.1. The van der Waals surface area contributed by atoms with Crippen molar-refractivity contribution in [3.63, 3.8) is 0 Å². The maximum atomic E-state index is 12.0. The van der Waals surface area contributed by atoms with Crippen LogP contribution in [0.25, 0.3) is 0 Å². The summed E-state index contributed by atoms with van der Waals surface area (Å²) >= 11 is 0. The third-order valence-electron chi connectivity index (χ3n) is 3.56. The molecule has 0 radical (unpaired) electrons. The molecule has 0 aromatic heterocycles. The van der Waals surface area contributed by atoms with Crippen LogP contribution in [0.5, 0.6) is 0 Å². The Morgan fingerprint density at radius 1 is 1.39 bits per heavy atom. The number of ether oxygens (including phenoxy) is 1. The Hall–Kier alpha value is -2.63. The highest BCUT2D eigenvalue weighted by Gasteiger charge is 2.22. The summed E-state index contributed by atoms with van der Waals surface area (Å²) in [4.78, 5) is 37.1. The topological polar surface area (TPSA) is 75.7 Å². The number of benzene rings is 1. The summed E-state index contributed by atoms with van der Waals surface area (Å²) in [6.07, 6.45) is 2.06. The average Bonchev–Trinajstić information content (AvgIpc) is 2.98. The lowest BCUT2D eigenvalue weighted by Crippen LogP contribution is -2.35. The van der Waals surface area contributed by atoms with Crippen molar-refractivity contribution in [1.82, 2.24) is 5.32 Å². The fraction of sp³-hybridized carbons (Fsp3) is 0.353. The van der Waals surface area contributed by atoms with Gasteiger partial charge in [0.1, 0.15) is 0 Å². The number of amides is 2. The highest BCUT2D eigenvalue weighted by atomic mass is 16.5. The van der Waals surface area contributed by atoms with E-state index < -0.39 is 12.1 Å². The van der Waals surface area contributed by atoms with Crippen molar-refractivity contribution in [2.24, 2.45) is 0 Å². The standard InChI is InChI=1S/C17H20N2O4/c1-3-10-18-16(21)12(2)23-17(22)13-6-8-14(9-7-13)19-11-4-5-15(19)20/h3,6-9,12H,1,4-5,10-11H2,2H3,(H,18,21)/t12-/m0/s1. The van der Waals surface area contributed by atoms with Crippen LogP contribution in [0.2, 0.25) is 0 Å². The van der Waals surface area contributed by atoms with Gasteiger partial charge in [0.2, 0.25) is 5.91 Å². The molecule has 1 N–H and O–H groups in total. The Bertz CT molecular complexity index is 610.